The molecule has 1 saturated heterocycles. The number of H-pyrrole nitrogens is 1. The predicted molar refractivity (Wildman–Crippen MR) is 118 cm³/mol. The number of carbonyl (C=O) groups is 1. The van der Waals surface area contributed by atoms with Crippen LogP contribution in [0.2, 0.25) is 0 Å². The van der Waals surface area contributed by atoms with Gasteiger partial charge in [0.1, 0.15) is 5.82 Å². The Kier molecular flexibility index (Phi) is 4.85. The molecule has 4 heterocycles. The molecule has 1 fully saturated rings. The lowest BCUT2D eigenvalue weighted by atomic mass is 10.0. The van der Waals surface area contributed by atoms with Crippen molar-refractivity contribution in [2.45, 2.75) is 19.3 Å². The molecule has 30 heavy (non-hydrogen) atoms. The van der Waals surface area contributed by atoms with Crippen molar-refractivity contribution >= 4 is 28.3 Å². The third kappa shape index (κ3) is 3.61. The van der Waals surface area contributed by atoms with Crippen molar-refractivity contribution in [2.24, 2.45) is 0 Å². The average Bonchev–Trinajstić information content (AvgIpc) is 3.24. The molecular formula is C23H22N6O. The Bertz CT molecular complexity index is 1180. The maximum Gasteiger partial charge on any atom is 0.276 e. The zero-order chi connectivity index (χ0) is 20.3. The summed E-state index contributed by atoms with van der Waals surface area (Å²) in [5.41, 5.74) is 3.88. The fraction of sp³-hybridized carbons (Fsp3) is 0.217. The van der Waals surface area contributed by atoms with Gasteiger partial charge in [-0.25, -0.2) is 4.98 Å². The number of hydrogen-bond donors (Lipinski definition) is 2. The van der Waals surface area contributed by atoms with Crippen molar-refractivity contribution in [3.63, 3.8) is 0 Å². The standard InChI is InChI=1S/C23H22N6O/c30-23(26-18-8-10-25-21(14-18)29-11-2-1-3-12-29)22-19-13-16(6-7-20(19)27-28-22)17-5-4-9-24-15-17/h4-10,13-15H,1-3,11-12H2,(H,27,28)(H,25,26,30). The zero-order valence-electron chi connectivity index (χ0n) is 16.5. The molecule has 0 radical (unpaired) electrons. The Balaban J connectivity index is 1.41. The highest BCUT2D eigenvalue weighted by atomic mass is 16.1. The maximum absolute atomic E-state index is 13.0. The normalized spacial score (nSPS) is 14.1. The number of nitrogens with zero attached hydrogens (tertiary/aromatic N) is 4. The van der Waals surface area contributed by atoms with Crippen molar-refractivity contribution in [3.05, 3.63) is 66.7 Å². The summed E-state index contributed by atoms with van der Waals surface area (Å²) < 4.78 is 0. The van der Waals surface area contributed by atoms with E-state index in [0.717, 1.165) is 46.6 Å². The lowest BCUT2D eigenvalue weighted by Gasteiger charge is -2.27. The van der Waals surface area contributed by atoms with E-state index in [9.17, 15) is 4.79 Å². The van der Waals surface area contributed by atoms with Crippen molar-refractivity contribution in [3.8, 4) is 11.1 Å². The second-order valence-corrected chi connectivity index (χ2v) is 7.48. The first-order valence-electron chi connectivity index (χ1n) is 10.2. The van der Waals surface area contributed by atoms with E-state index in [1.54, 1.807) is 24.7 Å². The van der Waals surface area contributed by atoms with E-state index in [-0.39, 0.29) is 5.91 Å². The SMILES string of the molecule is O=C(Nc1ccnc(N2CCCCC2)c1)c1n[nH]c2ccc(-c3cccnc3)cc12. The van der Waals surface area contributed by atoms with E-state index in [1.165, 1.54) is 19.3 Å². The highest BCUT2D eigenvalue weighted by Gasteiger charge is 2.17. The van der Waals surface area contributed by atoms with Gasteiger partial charge in [0.25, 0.3) is 5.91 Å². The van der Waals surface area contributed by atoms with Crippen molar-refractivity contribution in [1.29, 1.82) is 0 Å². The van der Waals surface area contributed by atoms with Gasteiger partial charge in [0.05, 0.1) is 5.52 Å². The fourth-order valence-electron chi connectivity index (χ4n) is 3.88. The quantitative estimate of drug-likeness (QED) is 0.536. The van der Waals surface area contributed by atoms with Gasteiger partial charge in [-0.2, -0.15) is 5.10 Å². The molecule has 4 aromatic rings. The Hall–Kier alpha value is -3.74. The Morgan fingerprint density at radius 2 is 1.90 bits per heavy atom. The molecule has 1 aliphatic heterocycles. The number of aromatic amines is 1. The molecule has 1 amide bonds. The summed E-state index contributed by atoms with van der Waals surface area (Å²) in [5.74, 6) is 0.652. The summed E-state index contributed by atoms with van der Waals surface area (Å²) >= 11 is 0. The average molecular weight is 398 g/mol. The molecule has 1 aliphatic rings. The number of nitrogens with one attached hydrogen (secondary N) is 2. The first-order chi connectivity index (χ1) is 14.8. The van der Waals surface area contributed by atoms with Crippen LogP contribution in [0.5, 0.6) is 0 Å². The summed E-state index contributed by atoms with van der Waals surface area (Å²) in [6.07, 6.45) is 8.90. The molecule has 150 valence electrons. The van der Waals surface area contributed by atoms with E-state index in [0.29, 0.717) is 5.69 Å². The van der Waals surface area contributed by atoms with Crippen LogP contribution in [0.25, 0.3) is 22.0 Å². The molecule has 2 N–H and O–H groups in total. The zero-order valence-corrected chi connectivity index (χ0v) is 16.5. The van der Waals surface area contributed by atoms with E-state index in [1.807, 2.05) is 36.4 Å². The van der Waals surface area contributed by atoms with Crippen LogP contribution in [0, 0.1) is 0 Å². The van der Waals surface area contributed by atoms with E-state index < -0.39 is 0 Å². The van der Waals surface area contributed by atoms with Crippen LogP contribution in [0.15, 0.2) is 61.1 Å². The molecule has 7 nitrogen and oxygen atoms in total. The maximum atomic E-state index is 13.0. The molecule has 0 spiro atoms. The first-order valence-corrected chi connectivity index (χ1v) is 10.2. The van der Waals surface area contributed by atoms with E-state index in [4.69, 9.17) is 0 Å². The molecule has 0 saturated carbocycles. The van der Waals surface area contributed by atoms with Crippen molar-refractivity contribution < 1.29 is 4.79 Å². The van der Waals surface area contributed by atoms with Gasteiger partial charge in [-0.15, -0.1) is 0 Å². The van der Waals surface area contributed by atoms with Crippen LogP contribution in [-0.4, -0.2) is 39.2 Å². The molecule has 5 rings (SSSR count). The Morgan fingerprint density at radius 1 is 1.00 bits per heavy atom. The number of benzene rings is 1. The minimum Gasteiger partial charge on any atom is -0.357 e. The second kappa shape index (κ2) is 7.94. The van der Waals surface area contributed by atoms with Crippen LogP contribution in [0.3, 0.4) is 0 Å². The fourth-order valence-corrected chi connectivity index (χ4v) is 3.88. The van der Waals surface area contributed by atoms with Crippen LogP contribution in [0.4, 0.5) is 11.5 Å². The first kappa shape index (κ1) is 18.3. The Labute approximate surface area is 174 Å². The number of hydrogen-bond acceptors (Lipinski definition) is 5. The second-order valence-electron chi connectivity index (χ2n) is 7.48. The molecule has 0 bridgehead atoms. The third-order valence-corrected chi connectivity index (χ3v) is 5.46. The van der Waals surface area contributed by atoms with Crippen molar-refractivity contribution in [2.75, 3.05) is 23.3 Å². The number of piperidine rings is 1. The molecule has 3 aromatic heterocycles. The minimum absolute atomic E-state index is 0.250. The number of amides is 1. The number of carbonyl (C=O) groups excluding carboxylic acids is 1. The predicted octanol–water partition coefficient (Wildman–Crippen LogP) is 4.26. The van der Waals surface area contributed by atoms with Crippen molar-refractivity contribution in [1.82, 2.24) is 20.2 Å². The van der Waals surface area contributed by atoms with E-state index in [2.05, 4.69) is 30.4 Å². The topological polar surface area (TPSA) is 86.8 Å². The van der Waals surface area contributed by atoms with Crippen LogP contribution >= 0.6 is 0 Å². The summed E-state index contributed by atoms with van der Waals surface area (Å²) in [5, 5.41) is 11.0. The van der Waals surface area contributed by atoms with Gasteiger partial charge in [-0.05, 0) is 49.1 Å². The van der Waals surface area contributed by atoms with Gasteiger partial charge in [0.2, 0.25) is 0 Å². The lowest BCUT2D eigenvalue weighted by Crippen LogP contribution is -2.30. The van der Waals surface area contributed by atoms with Gasteiger partial charge >= 0.3 is 0 Å². The number of anilines is 2. The third-order valence-electron chi connectivity index (χ3n) is 5.46. The van der Waals surface area contributed by atoms with Gasteiger partial charge in [0.15, 0.2) is 5.69 Å². The summed E-state index contributed by atoms with van der Waals surface area (Å²) in [6, 6.07) is 13.5. The van der Waals surface area contributed by atoms with Crippen LogP contribution in [0.1, 0.15) is 29.8 Å². The van der Waals surface area contributed by atoms with Crippen LogP contribution < -0.4 is 10.2 Å². The lowest BCUT2D eigenvalue weighted by molar-refractivity contribution is 0.102. The molecule has 1 aromatic carbocycles. The highest BCUT2D eigenvalue weighted by molar-refractivity contribution is 6.11. The van der Waals surface area contributed by atoms with Gasteiger partial charge < -0.3 is 10.2 Å². The molecule has 0 aliphatic carbocycles. The van der Waals surface area contributed by atoms with Crippen LogP contribution in [-0.2, 0) is 0 Å². The monoisotopic (exact) mass is 398 g/mol. The number of pyridine rings is 2. The highest BCUT2D eigenvalue weighted by Crippen LogP contribution is 2.26. The summed E-state index contributed by atoms with van der Waals surface area (Å²) in [4.78, 5) is 23.9. The van der Waals surface area contributed by atoms with Gasteiger partial charge in [-0.3, -0.25) is 14.9 Å². The number of rotatable bonds is 4. The smallest absolute Gasteiger partial charge is 0.276 e. The summed E-state index contributed by atoms with van der Waals surface area (Å²) in [6.45, 7) is 2.01. The number of fused-ring (bicyclic) bond motifs is 1. The largest absolute Gasteiger partial charge is 0.357 e. The molecule has 7 heteroatoms. The van der Waals surface area contributed by atoms with E-state index >= 15 is 0 Å². The molecular weight excluding hydrogens is 376 g/mol. The van der Waals surface area contributed by atoms with Gasteiger partial charge in [0, 0.05) is 54.4 Å². The molecule has 0 atom stereocenters. The number of aromatic nitrogens is 4. The van der Waals surface area contributed by atoms with Gasteiger partial charge in [-0.1, -0.05) is 12.1 Å². The molecule has 0 unspecified atom stereocenters. The Morgan fingerprint density at radius 3 is 2.73 bits per heavy atom. The minimum atomic E-state index is -0.250. The summed E-state index contributed by atoms with van der Waals surface area (Å²) in [7, 11) is 0.